The highest BCUT2D eigenvalue weighted by atomic mass is 35.5. The summed E-state index contributed by atoms with van der Waals surface area (Å²) in [7, 11) is -4.09. The van der Waals surface area contributed by atoms with Crippen molar-refractivity contribution in [2.75, 3.05) is 31.1 Å². The smallest absolute Gasteiger partial charge is 0.323 e. The molecule has 38 heavy (non-hydrogen) atoms. The zero-order valence-electron chi connectivity index (χ0n) is 20.7. The predicted molar refractivity (Wildman–Crippen MR) is 145 cm³/mol. The van der Waals surface area contributed by atoms with Crippen LogP contribution in [0.25, 0.3) is 0 Å². The van der Waals surface area contributed by atoms with Crippen molar-refractivity contribution >= 4 is 45.1 Å². The van der Waals surface area contributed by atoms with Crippen LogP contribution in [0.15, 0.2) is 58.4 Å². The highest BCUT2D eigenvalue weighted by Crippen LogP contribution is 2.32. The van der Waals surface area contributed by atoms with Crippen LogP contribution in [0.5, 0.6) is 0 Å². The minimum absolute atomic E-state index is 0.0730. The number of nitrogens with zero attached hydrogens (tertiary/aromatic N) is 2. The number of anilines is 1. The van der Waals surface area contributed by atoms with E-state index in [4.69, 9.17) is 16.6 Å². The van der Waals surface area contributed by atoms with Crippen molar-refractivity contribution in [2.24, 2.45) is 4.99 Å². The van der Waals surface area contributed by atoms with Crippen LogP contribution < -0.4 is 25.6 Å². The third-order valence-electron chi connectivity index (χ3n) is 6.32. The topological polar surface area (TPSA) is 152 Å². The third-order valence-corrected chi connectivity index (χ3v) is 8.11. The van der Waals surface area contributed by atoms with Gasteiger partial charge in [0.25, 0.3) is 5.91 Å². The van der Waals surface area contributed by atoms with Crippen molar-refractivity contribution in [1.82, 2.24) is 20.7 Å². The summed E-state index contributed by atoms with van der Waals surface area (Å²) in [6.07, 6.45) is 3.86. The molecular formula is C25H31ClN6O5S. The number of hydrogen-bond donors (Lipinski definition) is 5. The van der Waals surface area contributed by atoms with Crippen LogP contribution in [0.2, 0.25) is 5.02 Å². The monoisotopic (exact) mass is 562 g/mol. The van der Waals surface area contributed by atoms with E-state index in [2.05, 4.69) is 25.6 Å². The van der Waals surface area contributed by atoms with E-state index in [1.54, 1.807) is 18.2 Å². The number of carboxylic acids is 1. The van der Waals surface area contributed by atoms with Crippen LogP contribution in [-0.2, 0) is 14.8 Å². The first-order valence-corrected chi connectivity index (χ1v) is 14.3. The molecule has 0 aromatic heterocycles. The van der Waals surface area contributed by atoms with Gasteiger partial charge in [-0.25, -0.2) is 13.4 Å². The summed E-state index contributed by atoms with van der Waals surface area (Å²) in [5.74, 6) is -1.22. The lowest BCUT2D eigenvalue weighted by atomic mass is 10.1. The van der Waals surface area contributed by atoms with E-state index >= 15 is 0 Å². The molecule has 0 bridgehead atoms. The molecule has 0 unspecified atom stereocenters. The number of benzene rings is 2. The van der Waals surface area contributed by atoms with Gasteiger partial charge in [0.1, 0.15) is 12.2 Å². The Morgan fingerprint density at radius 3 is 2.53 bits per heavy atom. The van der Waals surface area contributed by atoms with E-state index in [1.807, 2.05) is 0 Å². The third kappa shape index (κ3) is 6.94. The van der Waals surface area contributed by atoms with Crippen molar-refractivity contribution < 1.29 is 23.1 Å². The highest BCUT2D eigenvalue weighted by Gasteiger charge is 2.27. The van der Waals surface area contributed by atoms with E-state index in [0.29, 0.717) is 5.02 Å². The second-order valence-electron chi connectivity index (χ2n) is 9.06. The number of carboxylic acid groups (broad SMARTS) is 1. The number of hydrogen-bond acceptors (Lipinski definition) is 6. The predicted octanol–water partition coefficient (Wildman–Crippen LogP) is 1.76. The van der Waals surface area contributed by atoms with Gasteiger partial charge in [-0.3, -0.25) is 9.59 Å². The van der Waals surface area contributed by atoms with Gasteiger partial charge in [0.05, 0.1) is 15.6 Å². The molecule has 0 radical (unpaired) electrons. The van der Waals surface area contributed by atoms with Gasteiger partial charge in [-0.15, -0.1) is 0 Å². The summed E-state index contributed by atoms with van der Waals surface area (Å²) in [6, 6.07) is 10.7. The largest absolute Gasteiger partial charge is 0.480 e. The summed E-state index contributed by atoms with van der Waals surface area (Å²) in [6.45, 7) is 2.07. The normalized spacial score (nSPS) is 18.6. The minimum Gasteiger partial charge on any atom is -0.480 e. The van der Waals surface area contributed by atoms with Gasteiger partial charge >= 0.3 is 5.97 Å². The SMILES string of the molecule is O=C(NC[C@H](NS(=O)(=O)c1ccccc1)C(=O)O)c1ccc(N2CCCC[C@H]2N=C2NCCCN2)c(Cl)c1. The van der Waals surface area contributed by atoms with Gasteiger partial charge in [-0.2, -0.15) is 4.72 Å². The van der Waals surface area contributed by atoms with E-state index in [1.165, 1.54) is 30.3 Å². The molecule has 2 heterocycles. The molecule has 11 nitrogen and oxygen atoms in total. The maximum absolute atomic E-state index is 12.8. The number of guanidine groups is 1. The Hall–Kier alpha value is -3.35. The van der Waals surface area contributed by atoms with Gasteiger partial charge in [-0.05, 0) is 56.0 Å². The zero-order chi connectivity index (χ0) is 27.1. The Morgan fingerprint density at radius 2 is 1.84 bits per heavy atom. The minimum atomic E-state index is -4.09. The number of nitrogens with one attached hydrogen (secondary N) is 4. The number of carbonyl (C=O) groups is 2. The van der Waals surface area contributed by atoms with Gasteiger partial charge in [0.2, 0.25) is 10.0 Å². The standard InChI is InChI=1S/C25H31ClN6O5S/c26-19-15-17(10-11-21(19)32-14-5-4-9-22(32)30-25-27-12-6-13-28-25)23(33)29-16-20(24(34)35)31-38(36,37)18-7-2-1-3-8-18/h1-3,7-8,10-11,15,20,22,31H,4-6,9,12-14,16H2,(H,29,33)(H,34,35)(H2,27,28,30)/t20-,22-/m0/s1. The number of amides is 1. The van der Waals surface area contributed by atoms with Crippen molar-refractivity contribution in [1.29, 1.82) is 0 Å². The van der Waals surface area contributed by atoms with Gasteiger partial charge in [0, 0.05) is 31.7 Å². The van der Waals surface area contributed by atoms with E-state index < -0.39 is 34.5 Å². The maximum atomic E-state index is 12.8. The molecule has 2 atom stereocenters. The first-order valence-electron chi connectivity index (χ1n) is 12.4. The number of halogens is 1. The second-order valence-corrected chi connectivity index (χ2v) is 11.2. The highest BCUT2D eigenvalue weighted by molar-refractivity contribution is 7.89. The van der Waals surface area contributed by atoms with Gasteiger partial charge < -0.3 is 26.0 Å². The number of aliphatic imine (C=N–C) groups is 1. The van der Waals surface area contributed by atoms with Crippen molar-refractivity contribution in [3.63, 3.8) is 0 Å². The fraction of sp³-hybridized carbons (Fsp3) is 0.400. The molecule has 2 aliphatic rings. The lowest BCUT2D eigenvalue weighted by Crippen LogP contribution is -2.48. The molecule has 13 heteroatoms. The van der Waals surface area contributed by atoms with Crippen LogP contribution in [0.4, 0.5) is 5.69 Å². The fourth-order valence-electron chi connectivity index (χ4n) is 4.35. The first kappa shape index (κ1) is 27.7. The Morgan fingerprint density at radius 1 is 1.11 bits per heavy atom. The molecule has 2 aliphatic heterocycles. The van der Waals surface area contributed by atoms with Crippen LogP contribution >= 0.6 is 11.6 Å². The Bertz CT molecular complexity index is 1280. The maximum Gasteiger partial charge on any atom is 0.323 e. The van der Waals surface area contributed by atoms with Crippen LogP contribution in [0, 0.1) is 0 Å². The molecule has 4 rings (SSSR count). The summed E-state index contributed by atoms with van der Waals surface area (Å²) >= 11 is 6.60. The van der Waals surface area contributed by atoms with Crippen LogP contribution in [-0.4, -0.2) is 69.7 Å². The van der Waals surface area contributed by atoms with E-state index in [0.717, 1.165) is 57.0 Å². The number of aliphatic carboxylic acids is 1. The van der Waals surface area contributed by atoms with E-state index in [-0.39, 0.29) is 16.6 Å². The number of piperidine rings is 1. The Balaban J connectivity index is 1.42. The lowest BCUT2D eigenvalue weighted by molar-refractivity contribution is -0.138. The number of carbonyl (C=O) groups excluding carboxylic acids is 1. The van der Waals surface area contributed by atoms with Crippen molar-refractivity contribution in [2.45, 2.75) is 42.8 Å². The Kier molecular flexibility index (Phi) is 9.08. The number of rotatable bonds is 9. The average molecular weight is 563 g/mol. The molecule has 5 N–H and O–H groups in total. The molecule has 204 valence electrons. The molecule has 0 aliphatic carbocycles. The average Bonchev–Trinajstić information content (AvgIpc) is 2.92. The molecule has 2 fully saturated rings. The van der Waals surface area contributed by atoms with Crippen molar-refractivity contribution in [3.05, 3.63) is 59.1 Å². The summed E-state index contributed by atoms with van der Waals surface area (Å²) in [4.78, 5) is 31.4. The second kappa shape index (κ2) is 12.5. The Labute approximate surface area is 226 Å². The van der Waals surface area contributed by atoms with Crippen molar-refractivity contribution in [3.8, 4) is 0 Å². The summed E-state index contributed by atoms with van der Waals surface area (Å²) < 4.78 is 27.2. The fourth-order valence-corrected chi connectivity index (χ4v) is 5.85. The molecule has 2 aromatic rings. The molecule has 2 saturated heterocycles. The van der Waals surface area contributed by atoms with Crippen LogP contribution in [0.1, 0.15) is 36.0 Å². The molecule has 2 aromatic carbocycles. The number of sulfonamides is 1. The molecular weight excluding hydrogens is 532 g/mol. The lowest BCUT2D eigenvalue weighted by Gasteiger charge is -2.36. The van der Waals surface area contributed by atoms with Crippen LogP contribution in [0.3, 0.4) is 0 Å². The molecule has 0 spiro atoms. The summed E-state index contributed by atoms with van der Waals surface area (Å²) in [5.41, 5.74) is 0.983. The molecule has 0 saturated carbocycles. The first-order chi connectivity index (χ1) is 18.2. The zero-order valence-corrected chi connectivity index (χ0v) is 22.3. The quantitative estimate of drug-likeness (QED) is 0.310. The van der Waals surface area contributed by atoms with E-state index in [9.17, 15) is 23.1 Å². The molecule has 1 amide bonds. The van der Waals surface area contributed by atoms with Gasteiger partial charge in [0.15, 0.2) is 5.96 Å². The summed E-state index contributed by atoms with van der Waals surface area (Å²) in [5, 5.41) is 18.9. The van der Waals surface area contributed by atoms with Gasteiger partial charge in [-0.1, -0.05) is 29.8 Å².